The van der Waals surface area contributed by atoms with Crippen molar-refractivity contribution in [3.05, 3.63) is 70.5 Å². The molecule has 2 aromatic rings. The number of carbonyl (C=O) groups is 2. The van der Waals surface area contributed by atoms with Gasteiger partial charge in [0.25, 0.3) is 0 Å². The van der Waals surface area contributed by atoms with Gasteiger partial charge in [-0.05, 0) is 60.9 Å². The second-order valence-corrected chi connectivity index (χ2v) is 5.56. The topological polar surface area (TPSA) is 52.6 Å². The zero-order valence-electron chi connectivity index (χ0n) is 14.3. The highest BCUT2D eigenvalue weighted by Gasteiger charge is 2.09. The molecule has 0 aliphatic rings. The normalized spacial score (nSPS) is 10.7. The summed E-state index contributed by atoms with van der Waals surface area (Å²) in [7, 11) is 1.30. The molecule has 0 saturated carbocycles. The van der Waals surface area contributed by atoms with Gasteiger partial charge in [-0.1, -0.05) is 18.2 Å². The second-order valence-electron chi connectivity index (χ2n) is 5.56. The van der Waals surface area contributed by atoms with Crippen LogP contribution in [0.2, 0.25) is 0 Å². The minimum atomic E-state index is -0.455. The van der Waals surface area contributed by atoms with Crippen LogP contribution in [0.1, 0.15) is 27.0 Å². The number of ketones is 1. The number of hydrogen-bond donors (Lipinski definition) is 0. The van der Waals surface area contributed by atoms with E-state index in [1.807, 2.05) is 26.0 Å². The van der Waals surface area contributed by atoms with Gasteiger partial charge in [-0.15, -0.1) is 0 Å². The number of carbonyl (C=O) groups excluding carboxylic acids is 2. The maximum absolute atomic E-state index is 13.2. The highest BCUT2D eigenvalue weighted by molar-refractivity contribution is 6.06. The quantitative estimate of drug-likeness (QED) is 0.454. The number of aryl methyl sites for hydroxylation is 2. The zero-order chi connectivity index (χ0) is 18.4. The molecule has 0 spiro atoms. The molecule has 0 heterocycles. The average molecular weight is 342 g/mol. The molecule has 0 N–H and O–H groups in total. The van der Waals surface area contributed by atoms with Gasteiger partial charge in [0.2, 0.25) is 0 Å². The van der Waals surface area contributed by atoms with Crippen molar-refractivity contribution in [3.8, 4) is 5.75 Å². The van der Waals surface area contributed by atoms with Gasteiger partial charge >= 0.3 is 5.97 Å². The van der Waals surface area contributed by atoms with Gasteiger partial charge in [-0.25, -0.2) is 9.18 Å². The lowest BCUT2D eigenvalue weighted by atomic mass is 10.0. The van der Waals surface area contributed by atoms with E-state index in [0.29, 0.717) is 11.3 Å². The number of rotatable bonds is 6. The maximum atomic E-state index is 13.2. The Morgan fingerprint density at radius 1 is 1.12 bits per heavy atom. The van der Waals surface area contributed by atoms with Crippen LogP contribution in [0.15, 0.2) is 42.5 Å². The molecule has 130 valence electrons. The maximum Gasteiger partial charge on any atom is 0.343 e. The zero-order valence-corrected chi connectivity index (χ0v) is 14.3. The lowest BCUT2D eigenvalue weighted by Gasteiger charge is -2.12. The summed E-state index contributed by atoms with van der Waals surface area (Å²) in [6, 6.07) is 9.24. The van der Waals surface area contributed by atoms with Gasteiger partial charge in [-0.3, -0.25) is 4.79 Å². The first-order valence-electron chi connectivity index (χ1n) is 7.69. The van der Waals surface area contributed by atoms with E-state index < -0.39 is 11.8 Å². The third-order valence-corrected chi connectivity index (χ3v) is 3.58. The van der Waals surface area contributed by atoms with Crippen LogP contribution in [0.5, 0.6) is 5.75 Å². The Kier molecular flexibility index (Phi) is 6.06. The highest BCUT2D eigenvalue weighted by Crippen LogP contribution is 2.25. The van der Waals surface area contributed by atoms with Crippen LogP contribution in [0.3, 0.4) is 0 Å². The van der Waals surface area contributed by atoms with E-state index in [1.165, 1.54) is 31.4 Å². The standard InChI is InChI=1S/C20H19FO4/c1-13-9-15(10-14(2)20(13)25-12-19(23)24-3)7-8-18(22)16-5-4-6-17(21)11-16/h4-11H,12H2,1-3H3/b8-7+. The van der Waals surface area contributed by atoms with Gasteiger partial charge < -0.3 is 9.47 Å². The molecule has 0 unspecified atom stereocenters. The van der Waals surface area contributed by atoms with Gasteiger partial charge in [0.1, 0.15) is 11.6 Å². The first-order valence-corrected chi connectivity index (χ1v) is 7.69. The Balaban J connectivity index is 2.15. The fourth-order valence-electron chi connectivity index (χ4n) is 2.41. The van der Waals surface area contributed by atoms with E-state index in [4.69, 9.17) is 4.74 Å². The Bertz CT molecular complexity index is 801. The van der Waals surface area contributed by atoms with Crippen molar-refractivity contribution < 1.29 is 23.5 Å². The molecule has 2 aromatic carbocycles. The Morgan fingerprint density at radius 2 is 1.80 bits per heavy atom. The summed E-state index contributed by atoms with van der Waals surface area (Å²) in [5.41, 5.74) is 2.77. The summed E-state index contributed by atoms with van der Waals surface area (Å²) < 4.78 is 23.2. The summed E-state index contributed by atoms with van der Waals surface area (Å²) in [6.45, 7) is 3.54. The Hall–Kier alpha value is -2.95. The predicted octanol–water partition coefficient (Wildman–Crippen LogP) is 3.89. The smallest absolute Gasteiger partial charge is 0.343 e. The Labute approximate surface area is 145 Å². The minimum absolute atomic E-state index is 0.161. The molecule has 2 rings (SSSR count). The highest BCUT2D eigenvalue weighted by atomic mass is 19.1. The number of allylic oxidation sites excluding steroid dienone is 1. The first-order chi connectivity index (χ1) is 11.9. The summed E-state index contributed by atoms with van der Waals surface area (Å²) in [4.78, 5) is 23.3. The summed E-state index contributed by atoms with van der Waals surface area (Å²) in [5, 5.41) is 0. The molecular weight excluding hydrogens is 323 g/mol. The van der Waals surface area contributed by atoms with Crippen LogP contribution < -0.4 is 4.74 Å². The van der Waals surface area contributed by atoms with Crippen LogP contribution in [0.4, 0.5) is 4.39 Å². The van der Waals surface area contributed by atoms with Crippen LogP contribution in [0, 0.1) is 19.7 Å². The summed E-state index contributed by atoms with van der Waals surface area (Å²) in [5.74, 6) is -0.568. The molecule has 25 heavy (non-hydrogen) atoms. The Morgan fingerprint density at radius 3 is 2.40 bits per heavy atom. The fourth-order valence-corrected chi connectivity index (χ4v) is 2.41. The number of benzene rings is 2. The van der Waals surface area contributed by atoms with Crippen molar-refractivity contribution >= 4 is 17.8 Å². The fraction of sp³-hybridized carbons (Fsp3) is 0.200. The van der Waals surface area contributed by atoms with Gasteiger partial charge in [0.05, 0.1) is 7.11 Å². The molecule has 0 radical (unpaired) electrons. The van der Waals surface area contributed by atoms with E-state index >= 15 is 0 Å². The van der Waals surface area contributed by atoms with E-state index in [2.05, 4.69) is 4.74 Å². The number of methoxy groups -OCH3 is 1. The van der Waals surface area contributed by atoms with Crippen molar-refractivity contribution in [2.75, 3.05) is 13.7 Å². The van der Waals surface area contributed by atoms with Crippen molar-refractivity contribution in [1.82, 2.24) is 0 Å². The third kappa shape index (κ3) is 5.01. The van der Waals surface area contributed by atoms with Crippen molar-refractivity contribution in [3.63, 3.8) is 0 Å². The average Bonchev–Trinajstić information content (AvgIpc) is 2.58. The largest absolute Gasteiger partial charge is 0.481 e. The molecule has 0 aliphatic heterocycles. The second kappa shape index (κ2) is 8.24. The SMILES string of the molecule is COC(=O)COc1c(C)cc(/C=C/C(=O)c2cccc(F)c2)cc1C. The van der Waals surface area contributed by atoms with E-state index in [-0.39, 0.29) is 12.4 Å². The van der Waals surface area contributed by atoms with E-state index in [9.17, 15) is 14.0 Å². The van der Waals surface area contributed by atoms with Crippen LogP contribution in [-0.2, 0) is 9.53 Å². The lowest BCUT2D eigenvalue weighted by molar-refractivity contribution is -0.142. The third-order valence-electron chi connectivity index (χ3n) is 3.58. The van der Waals surface area contributed by atoms with Gasteiger partial charge in [0, 0.05) is 5.56 Å². The van der Waals surface area contributed by atoms with Crippen molar-refractivity contribution in [1.29, 1.82) is 0 Å². The number of halogens is 1. The number of ether oxygens (including phenoxy) is 2. The molecule has 0 amide bonds. The number of esters is 1. The number of hydrogen-bond acceptors (Lipinski definition) is 4. The molecule has 0 fully saturated rings. The molecule has 5 heteroatoms. The van der Waals surface area contributed by atoms with E-state index in [0.717, 1.165) is 16.7 Å². The monoisotopic (exact) mass is 342 g/mol. The van der Waals surface area contributed by atoms with Gasteiger partial charge in [-0.2, -0.15) is 0 Å². The van der Waals surface area contributed by atoms with E-state index in [1.54, 1.807) is 12.1 Å². The molecule has 0 atom stereocenters. The molecule has 0 saturated heterocycles. The van der Waals surface area contributed by atoms with Crippen molar-refractivity contribution in [2.24, 2.45) is 0 Å². The first kappa shape index (κ1) is 18.4. The summed E-state index contributed by atoms with van der Waals surface area (Å²) >= 11 is 0. The molecular formula is C20H19FO4. The molecule has 4 nitrogen and oxygen atoms in total. The van der Waals surface area contributed by atoms with Crippen LogP contribution in [-0.4, -0.2) is 25.5 Å². The summed E-state index contributed by atoms with van der Waals surface area (Å²) in [6.07, 6.45) is 3.06. The molecule has 0 aliphatic carbocycles. The van der Waals surface area contributed by atoms with Gasteiger partial charge in [0.15, 0.2) is 12.4 Å². The minimum Gasteiger partial charge on any atom is -0.481 e. The molecule has 0 bridgehead atoms. The lowest BCUT2D eigenvalue weighted by Crippen LogP contribution is -2.13. The van der Waals surface area contributed by atoms with Crippen LogP contribution in [0.25, 0.3) is 6.08 Å². The van der Waals surface area contributed by atoms with Crippen molar-refractivity contribution in [2.45, 2.75) is 13.8 Å². The predicted molar refractivity (Wildman–Crippen MR) is 93.2 cm³/mol. The van der Waals surface area contributed by atoms with Crippen LogP contribution >= 0.6 is 0 Å². The molecule has 0 aromatic heterocycles.